The summed E-state index contributed by atoms with van der Waals surface area (Å²) in [5.41, 5.74) is 0. The second-order valence-corrected chi connectivity index (χ2v) is 7.92. The summed E-state index contributed by atoms with van der Waals surface area (Å²) in [6, 6.07) is 14.6. The van der Waals surface area contributed by atoms with Gasteiger partial charge in [-0.2, -0.15) is 0 Å². The Labute approximate surface area is 177 Å². The predicted octanol–water partition coefficient (Wildman–Crippen LogP) is 3.51. The molecule has 0 radical (unpaired) electrons. The van der Waals surface area contributed by atoms with Crippen molar-refractivity contribution >= 4 is 23.4 Å². The Morgan fingerprint density at radius 1 is 1.21 bits per heavy atom. The molecule has 1 N–H and O–H groups in total. The Balaban J connectivity index is 1.31. The van der Waals surface area contributed by atoms with E-state index in [1.807, 2.05) is 35.9 Å². The Kier molecular flexibility index (Phi) is 6.13. The number of para-hydroxylation sites is 2. The van der Waals surface area contributed by atoms with Gasteiger partial charge in [0.05, 0.1) is 6.10 Å². The van der Waals surface area contributed by atoms with Gasteiger partial charge in [-0.05, 0) is 36.4 Å². The van der Waals surface area contributed by atoms with Gasteiger partial charge < -0.3 is 23.9 Å². The summed E-state index contributed by atoms with van der Waals surface area (Å²) in [6.45, 7) is 0.543. The minimum Gasteiger partial charge on any atom is -0.491 e. The Morgan fingerprint density at radius 3 is 2.76 bits per heavy atom. The molecule has 7 nitrogen and oxygen atoms in total. The second kappa shape index (κ2) is 8.94. The lowest BCUT2D eigenvalue weighted by Crippen LogP contribution is -2.24. The molecule has 0 aliphatic carbocycles. The van der Waals surface area contributed by atoms with E-state index in [4.69, 9.17) is 25.8 Å². The van der Waals surface area contributed by atoms with Gasteiger partial charge in [0.15, 0.2) is 28.6 Å². The van der Waals surface area contributed by atoms with E-state index in [1.54, 1.807) is 24.3 Å². The molecule has 4 rings (SSSR count). The number of aliphatic hydroxyl groups excluding tert-OH is 1. The molecule has 0 amide bonds. The Morgan fingerprint density at radius 2 is 1.97 bits per heavy atom. The molecule has 2 aromatic carbocycles. The van der Waals surface area contributed by atoms with E-state index < -0.39 is 6.10 Å². The molecule has 1 aromatic heterocycles. The zero-order chi connectivity index (χ0) is 20.2. The quantitative estimate of drug-likeness (QED) is 0.571. The van der Waals surface area contributed by atoms with E-state index in [0.717, 1.165) is 5.75 Å². The number of ether oxygens (including phenoxy) is 3. The molecule has 2 heterocycles. The van der Waals surface area contributed by atoms with Gasteiger partial charge in [-0.3, -0.25) is 0 Å². The third-order valence-corrected chi connectivity index (χ3v) is 5.74. The molecule has 152 valence electrons. The van der Waals surface area contributed by atoms with Crippen LogP contribution in [0.25, 0.3) is 0 Å². The van der Waals surface area contributed by atoms with Crippen LogP contribution in [-0.4, -0.2) is 44.9 Å². The molecule has 9 heteroatoms. The highest BCUT2D eigenvalue weighted by Crippen LogP contribution is 2.35. The van der Waals surface area contributed by atoms with Gasteiger partial charge in [0.1, 0.15) is 19.0 Å². The first kappa shape index (κ1) is 19.9. The molecule has 29 heavy (non-hydrogen) atoms. The zero-order valence-corrected chi connectivity index (χ0v) is 17.3. The summed E-state index contributed by atoms with van der Waals surface area (Å²) >= 11 is 7.25. The number of fused-ring (bicyclic) bond motifs is 1. The molecular formula is C20H20ClN3O4S. The Bertz CT molecular complexity index is 967. The number of rotatable bonds is 7. The number of halogens is 1. The molecule has 2 atom stereocenters. The molecule has 0 unspecified atom stereocenters. The largest absolute Gasteiger partial charge is 0.491 e. The van der Waals surface area contributed by atoms with Gasteiger partial charge in [-0.15, -0.1) is 10.2 Å². The van der Waals surface area contributed by atoms with Crippen molar-refractivity contribution in [3.63, 3.8) is 0 Å². The van der Waals surface area contributed by atoms with Crippen LogP contribution in [0, 0.1) is 0 Å². The average molecular weight is 434 g/mol. The molecule has 0 saturated heterocycles. The summed E-state index contributed by atoms with van der Waals surface area (Å²) in [4.78, 5) is 0. The van der Waals surface area contributed by atoms with Gasteiger partial charge in [-0.1, -0.05) is 35.5 Å². The fourth-order valence-corrected chi connectivity index (χ4v) is 3.77. The molecule has 3 aromatic rings. The molecule has 1 aliphatic heterocycles. The van der Waals surface area contributed by atoms with E-state index >= 15 is 0 Å². The SMILES string of the molecule is Cn1c(SC[C@H](O)COc2ccc(Cl)cc2)nnc1[C@H]1COc2ccccc2O1. The van der Waals surface area contributed by atoms with Crippen molar-refractivity contribution in [2.24, 2.45) is 7.05 Å². The molecular weight excluding hydrogens is 414 g/mol. The topological polar surface area (TPSA) is 78.6 Å². The lowest BCUT2D eigenvalue weighted by molar-refractivity contribution is 0.0825. The van der Waals surface area contributed by atoms with Crippen molar-refractivity contribution < 1.29 is 19.3 Å². The van der Waals surface area contributed by atoms with Crippen molar-refractivity contribution in [2.75, 3.05) is 19.0 Å². The van der Waals surface area contributed by atoms with Crippen molar-refractivity contribution in [1.29, 1.82) is 0 Å². The van der Waals surface area contributed by atoms with Crippen molar-refractivity contribution in [1.82, 2.24) is 14.8 Å². The first-order chi connectivity index (χ1) is 14.1. The second-order valence-electron chi connectivity index (χ2n) is 6.49. The van der Waals surface area contributed by atoms with Crippen molar-refractivity contribution in [3.05, 3.63) is 59.4 Å². The van der Waals surface area contributed by atoms with Crippen LogP contribution in [0.1, 0.15) is 11.9 Å². The van der Waals surface area contributed by atoms with Crippen LogP contribution in [-0.2, 0) is 7.05 Å². The maximum absolute atomic E-state index is 10.2. The normalized spacial score (nSPS) is 16.4. The monoisotopic (exact) mass is 433 g/mol. The maximum Gasteiger partial charge on any atom is 0.192 e. The van der Waals surface area contributed by atoms with Crippen LogP contribution in [0.2, 0.25) is 5.02 Å². The number of hydrogen-bond acceptors (Lipinski definition) is 7. The van der Waals surface area contributed by atoms with E-state index in [2.05, 4.69) is 10.2 Å². The van der Waals surface area contributed by atoms with Gasteiger partial charge in [-0.25, -0.2) is 0 Å². The van der Waals surface area contributed by atoms with Crippen LogP contribution in [0.5, 0.6) is 17.2 Å². The van der Waals surface area contributed by atoms with Crippen molar-refractivity contribution in [2.45, 2.75) is 17.4 Å². The van der Waals surface area contributed by atoms with E-state index in [1.165, 1.54) is 11.8 Å². The fraction of sp³-hybridized carbons (Fsp3) is 0.300. The standard InChI is InChI=1S/C20H20ClN3O4S/c1-24-19(18-11-27-16-4-2-3-5-17(16)28-18)22-23-20(24)29-12-14(25)10-26-15-8-6-13(21)7-9-15/h2-9,14,18,25H,10-12H2,1H3/t14-,18-/m1/s1. The first-order valence-electron chi connectivity index (χ1n) is 9.07. The van der Waals surface area contributed by atoms with Gasteiger partial charge in [0, 0.05) is 17.8 Å². The van der Waals surface area contributed by atoms with Gasteiger partial charge in [0.2, 0.25) is 0 Å². The predicted molar refractivity (Wildman–Crippen MR) is 110 cm³/mol. The number of thioether (sulfide) groups is 1. The highest BCUT2D eigenvalue weighted by Gasteiger charge is 2.27. The zero-order valence-electron chi connectivity index (χ0n) is 15.7. The molecule has 1 aliphatic rings. The maximum atomic E-state index is 10.2. The Hall–Kier alpha value is -2.42. The van der Waals surface area contributed by atoms with Crippen LogP contribution in [0.4, 0.5) is 0 Å². The van der Waals surface area contributed by atoms with Crippen LogP contribution in [0.3, 0.4) is 0 Å². The third-order valence-electron chi connectivity index (χ3n) is 4.33. The number of aliphatic hydroxyl groups is 1. The molecule has 0 fully saturated rings. The van der Waals surface area contributed by atoms with Crippen molar-refractivity contribution in [3.8, 4) is 17.2 Å². The highest BCUT2D eigenvalue weighted by atomic mass is 35.5. The average Bonchev–Trinajstić information content (AvgIpc) is 3.12. The molecule has 0 spiro atoms. The van der Waals surface area contributed by atoms with E-state index in [0.29, 0.717) is 39.9 Å². The van der Waals surface area contributed by atoms with E-state index in [-0.39, 0.29) is 12.7 Å². The summed E-state index contributed by atoms with van der Waals surface area (Å²) in [5.74, 6) is 3.17. The summed E-state index contributed by atoms with van der Waals surface area (Å²) in [6.07, 6.45) is -0.994. The van der Waals surface area contributed by atoms with Crippen LogP contribution >= 0.6 is 23.4 Å². The first-order valence-corrected chi connectivity index (χ1v) is 10.4. The lowest BCUT2D eigenvalue weighted by atomic mass is 10.2. The molecule has 0 bridgehead atoms. The minimum absolute atomic E-state index is 0.176. The molecule has 0 saturated carbocycles. The highest BCUT2D eigenvalue weighted by molar-refractivity contribution is 7.99. The lowest BCUT2D eigenvalue weighted by Gasteiger charge is -2.25. The number of nitrogens with zero attached hydrogens (tertiary/aromatic N) is 3. The third kappa shape index (κ3) is 4.77. The number of aromatic nitrogens is 3. The number of hydrogen-bond donors (Lipinski definition) is 1. The summed E-state index contributed by atoms with van der Waals surface area (Å²) in [5, 5.41) is 20.0. The van der Waals surface area contributed by atoms with Crippen LogP contribution < -0.4 is 14.2 Å². The summed E-state index contributed by atoms with van der Waals surface area (Å²) in [7, 11) is 1.87. The fourth-order valence-electron chi connectivity index (χ4n) is 2.82. The minimum atomic E-state index is -0.656. The van der Waals surface area contributed by atoms with Crippen LogP contribution in [0.15, 0.2) is 53.7 Å². The van der Waals surface area contributed by atoms with Gasteiger partial charge in [0.25, 0.3) is 0 Å². The van der Waals surface area contributed by atoms with E-state index in [9.17, 15) is 5.11 Å². The smallest absolute Gasteiger partial charge is 0.192 e. The number of benzene rings is 2. The van der Waals surface area contributed by atoms with Gasteiger partial charge >= 0.3 is 0 Å². The summed E-state index contributed by atoms with van der Waals surface area (Å²) < 4.78 is 19.2.